The van der Waals surface area contributed by atoms with Crippen molar-refractivity contribution >= 4 is 11.7 Å². The van der Waals surface area contributed by atoms with Crippen molar-refractivity contribution in [3.8, 4) is 5.75 Å². The van der Waals surface area contributed by atoms with Crippen LogP contribution < -0.4 is 4.74 Å². The van der Waals surface area contributed by atoms with Gasteiger partial charge in [-0.15, -0.1) is 0 Å². The second-order valence-electron chi connectivity index (χ2n) is 9.42. The fourth-order valence-electron chi connectivity index (χ4n) is 5.49. The largest absolute Gasteiger partial charge is 0.489 e. The fourth-order valence-corrected chi connectivity index (χ4v) is 5.49. The first-order chi connectivity index (χ1) is 17.2. The van der Waals surface area contributed by atoms with E-state index in [-0.39, 0.29) is 36.0 Å². The average Bonchev–Trinajstić information content (AvgIpc) is 3.51. The molecule has 3 atom stereocenters. The van der Waals surface area contributed by atoms with E-state index in [4.69, 9.17) is 13.9 Å². The summed E-state index contributed by atoms with van der Waals surface area (Å²) in [5.74, 6) is 1.17. The predicted octanol–water partition coefficient (Wildman–Crippen LogP) is 5.35. The highest BCUT2D eigenvalue weighted by molar-refractivity contribution is 6.11. The Morgan fingerprint density at radius 1 is 0.943 bits per heavy atom. The molecule has 0 radical (unpaired) electrons. The lowest BCUT2D eigenvalue weighted by Gasteiger charge is -2.35. The number of ether oxygens (including phenoxy) is 2. The van der Waals surface area contributed by atoms with E-state index >= 15 is 0 Å². The van der Waals surface area contributed by atoms with E-state index in [1.807, 2.05) is 60.7 Å². The summed E-state index contributed by atoms with van der Waals surface area (Å²) >= 11 is 0. The van der Waals surface area contributed by atoms with Gasteiger partial charge in [-0.25, -0.2) is 0 Å². The molecule has 1 aliphatic carbocycles. The van der Waals surface area contributed by atoms with Gasteiger partial charge in [-0.1, -0.05) is 48.9 Å². The summed E-state index contributed by atoms with van der Waals surface area (Å²) in [6.45, 7) is 0.689. The average molecular weight is 470 g/mol. The summed E-state index contributed by atoms with van der Waals surface area (Å²) in [5, 5.41) is 0. The third-order valence-corrected chi connectivity index (χ3v) is 7.19. The lowest BCUT2D eigenvalue weighted by molar-refractivity contribution is -0.135. The highest BCUT2D eigenvalue weighted by Crippen LogP contribution is 2.47. The zero-order valence-corrected chi connectivity index (χ0v) is 19.4. The molecular formula is C29H27NO5. The van der Waals surface area contributed by atoms with Gasteiger partial charge in [0.2, 0.25) is 0 Å². The third kappa shape index (κ3) is 4.03. The zero-order valence-electron chi connectivity index (χ0n) is 19.4. The number of carbonyl (C=O) groups excluding carboxylic acids is 2. The van der Waals surface area contributed by atoms with Gasteiger partial charge in [0.15, 0.2) is 11.5 Å². The Labute approximate surface area is 204 Å². The fraction of sp³-hybridized carbons (Fsp3) is 0.310. The van der Waals surface area contributed by atoms with Crippen LogP contribution in [-0.2, 0) is 27.5 Å². The lowest BCUT2D eigenvalue weighted by Crippen LogP contribution is -2.39. The normalized spacial score (nSPS) is 23.7. The Bertz CT molecular complexity index is 1260. The lowest BCUT2D eigenvalue weighted by atomic mass is 9.77. The Balaban J connectivity index is 1.35. The number of amides is 1. The molecule has 1 aromatic heterocycles. The van der Waals surface area contributed by atoms with Gasteiger partial charge in [0.05, 0.1) is 30.3 Å². The van der Waals surface area contributed by atoms with Gasteiger partial charge in [0.25, 0.3) is 5.91 Å². The van der Waals surface area contributed by atoms with Crippen molar-refractivity contribution in [3.63, 3.8) is 0 Å². The van der Waals surface area contributed by atoms with E-state index in [1.54, 1.807) is 17.2 Å². The topological polar surface area (TPSA) is 69.0 Å². The summed E-state index contributed by atoms with van der Waals surface area (Å²) in [6, 6.07) is 20.7. The standard InChI is InChI=1S/C29H27NO5/c31-27-23-13-4-5-14-24(23)35-28-25(27)26(30(29(28)32)17-22-12-7-15-33-22)20-10-6-11-21(16-20)34-18-19-8-2-1-3-9-19/h1-3,6-12,15-16,23-24,26H,4-5,13-14,17-18H2. The third-order valence-electron chi connectivity index (χ3n) is 7.19. The van der Waals surface area contributed by atoms with Gasteiger partial charge in [-0.3, -0.25) is 9.59 Å². The molecule has 1 fully saturated rings. The summed E-state index contributed by atoms with van der Waals surface area (Å²) < 4.78 is 17.8. The SMILES string of the molecule is O=C1C2=C(OC3CCCCC13)C(=O)N(Cc1ccco1)C2c1cccc(OCc2ccccc2)c1. The highest BCUT2D eigenvalue weighted by atomic mass is 16.5. The van der Waals surface area contributed by atoms with Crippen LogP contribution in [0.2, 0.25) is 0 Å². The van der Waals surface area contributed by atoms with Crippen molar-refractivity contribution in [2.24, 2.45) is 5.92 Å². The van der Waals surface area contributed by atoms with Crippen molar-refractivity contribution in [1.29, 1.82) is 0 Å². The molecule has 0 N–H and O–H groups in total. The number of benzene rings is 2. The molecule has 35 heavy (non-hydrogen) atoms. The summed E-state index contributed by atoms with van der Waals surface area (Å²) in [6.07, 6.45) is 5.03. The number of fused-ring (bicyclic) bond motifs is 1. The minimum Gasteiger partial charge on any atom is -0.489 e. The summed E-state index contributed by atoms with van der Waals surface area (Å²) in [4.78, 5) is 29.0. The Kier molecular flexibility index (Phi) is 5.64. The van der Waals surface area contributed by atoms with Crippen LogP contribution in [0, 0.1) is 5.92 Å². The van der Waals surface area contributed by atoms with Crippen LogP contribution in [-0.4, -0.2) is 22.7 Å². The van der Waals surface area contributed by atoms with Crippen molar-refractivity contribution in [2.75, 3.05) is 0 Å². The molecule has 3 aromatic rings. The molecule has 6 rings (SSSR count). The second-order valence-corrected chi connectivity index (χ2v) is 9.42. The minimum atomic E-state index is -0.543. The van der Waals surface area contributed by atoms with Gasteiger partial charge >= 0.3 is 0 Å². The number of nitrogens with zero attached hydrogens (tertiary/aromatic N) is 1. The van der Waals surface area contributed by atoms with Crippen LogP contribution >= 0.6 is 0 Å². The highest BCUT2D eigenvalue weighted by Gasteiger charge is 2.52. The molecule has 178 valence electrons. The first kappa shape index (κ1) is 21.7. The minimum absolute atomic E-state index is 0.0480. The number of furan rings is 1. The molecule has 2 aromatic carbocycles. The van der Waals surface area contributed by atoms with Crippen LogP contribution in [0.5, 0.6) is 5.75 Å². The molecule has 1 amide bonds. The molecular weight excluding hydrogens is 442 g/mol. The molecule has 2 aliphatic heterocycles. The van der Waals surface area contributed by atoms with Gasteiger partial charge in [-0.05, 0) is 54.7 Å². The number of rotatable bonds is 6. The first-order valence-electron chi connectivity index (χ1n) is 12.2. The smallest absolute Gasteiger partial charge is 0.290 e. The summed E-state index contributed by atoms with van der Waals surface area (Å²) in [5.41, 5.74) is 2.37. The molecule has 0 saturated heterocycles. The number of ketones is 1. The maximum absolute atomic E-state index is 13.7. The van der Waals surface area contributed by atoms with Gasteiger partial charge in [0, 0.05) is 0 Å². The maximum Gasteiger partial charge on any atom is 0.290 e. The van der Waals surface area contributed by atoms with Crippen LogP contribution in [0.4, 0.5) is 0 Å². The van der Waals surface area contributed by atoms with Gasteiger partial charge in [-0.2, -0.15) is 0 Å². The zero-order chi connectivity index (χ0) is 23.8. The van der Waals surface area contributed by atoms with E-state index in [0.29, 0.717) is 23.7 Å². The quantitative estimate of drug-likeness (QED) is 0.487. The maximum atomic E-state index is 13.7. The first-order valence-corrected chi connectivity index (χ1v) is 12.2. The van der Waals surface area contributed by atoms with Crippen LogP contribution in [0.15, 0.2) is 88.7 Å². The van der Waals surface area contributed by atoms with Gasteiger partial charge in [0.1, 0.15) is 24.2 Å². The number of hydrogen-bond acceptors (Lipinski definition) is 5. The van der Waals surface area contributed by atoms with Crippen LogP contribution in [0.25, 0.3) is 0 Å². The molecule has 1 saturated carbocycles. The molecule has 0 spiro atoms. The van der Waals surface area contributed by atoms with Crippen molar-refractivity contribution in [2.45, 2.75) is 51.0 Å². The second kappa shape index (κ2) is 9.10. The molecule has 6 heteroatoms. The van der Waals surface area contributed by atoms with E-state index < -0.39 is 6.04 Å². The number of hydrogen-bond donors (Lipinski definition) is 0. The van der Waals surface area contributed by atoms with Crippen molar-refractivity contribution in [1.82, 2.24) is 4.90 Å². The Morgan fingerprint density at radius 2 is 1.80 bits per heavy atom. The molecule has 3 aliphatic rings. The molecule has 3 heterocycles. The predicted molar refractivity (Wildman–Crippen MR) is 128 cm³/mol. The number of carbonyl (C=O) groups is 2. The van der Waals surface area contributed by atoms with Crippen LogP contribution in [0.3, 0.4) is 0 Å². The van der Waals surface area contributed by atoms with Gasteiger partial charge < -0.3 is 18.8 Å². The molecule has 3 unspecified atom stereocenters. The van der Waals surface area contributed by atoms with Crippen molar-refractivity contribution < 1.29 is 23.5 Å². The number of Topliss-reactive ketones (excluding diaryl/α,β-unsaturated/α-hetero) is 1. The molecule has 0 bridgehead atoms. The molecule has 6 nitrogen and oxygen atoms in total. The van der Waals surface area contributed by atoms with Crippen molar-refractivity contribution in [3.05, 3.63) is 101 Å². The van der Waals surface area contributed by atoms with Crippen LogP contribution in [0.1, 0.15) is 48.6 Å². The monoisotopic (exact) mass is 469 g/mol. The van der Waals surface area contributed by atoms with E-state index in [2.05, 4.69) is 0 Å². The van der Waals surface area contributed by atoms with E-state index in [0.717, 1.165) is 36.8 Å². The summed E-state index contributed by atoms with van der Waals surface area (Å²) in [7, 11) is 0. The Morgan fingerprint density at radius 3 is 2.63 bits per heavy atom. The van der Waals surface area contributed by atoms with E-state index in [9.17, 15) is 9.59 Å². The van der Waals surface area contributed by atoms with E-state index in [1.165, 1.54) is 0 Å². The Hall–Kier alpha value is -3.80.